The summed E-state index contributed by atoms with van der Waals surface area (Å²) in [5.41, 5.74) is 5.98. The Labute approximate surface area is 115 Å². The van der Waals surface area contributed by atoms with Crippen molar-refractivity contribution in [3.63, 3.8) is 0 Å². The van der Waals surface area contributed by atoms with Gasteiger partial charge in [0.1, 0.15) is 5.82 Å². The van der Waals surface area contributed by atoms with E-state index in [1.54, 1.807) is 24.3 Å². The average Bonchev–Trinajstić information content (AvgIpc) is 2.31. The van der Waals surface area contributed by atoms with Crippen LogP contribution in [0.3, 0.4) is 0 Å². The van der Waals surface area contributed by atoms with Gasteiger partial charge in [0, 0.05) is 10.7 Å². The molecule has 0 aliphatic heterocycles. The molecule has 0 aliphatic rings. The molecular formula is C13H11ClFNO2S. The van der Waals surface area contributed by atoms with Crippen molar-refractivity contribution in [2.24, 2.45) is 0 Å². The van der Waals surface area contributed by atoms with Crippen molar-refractivity contribution in [1.82, 2.24) is 0 Å². The minimum Gasteiger partial charge on any atom is -0.399 e. The number of nitrogens with two attached hydrogens (primary N) is 1. The van der Waals surface area contributed by atoms with Crippen LogP contribution in [0.4, 0.5) is 10.1 Å². The van der Waals surface area contributed by atoms with Crippen molar-refractivity contribution in [3.05, 3.63) is 58.9 Å². The summed E-state index contributed by atoms with van der Waals surface area (Å²) in [6.07, 6.45) is 0. The Hall–Kier alpha value is -1.59. The van der Waals surface area contributed by atoms with Crippen LogP contribution in [-0.2, 0) is 15.6 Å². The van der Waals surface area contributed by atoms with Gasteiger partial charge in [-0.05, 0) is 29.8 Å². The predicted octanol–water partition coefficient (Wildman–Crippen LogP) is 3.04. The second-order valence-corrected chi connectivity index (χ2v) is 6.47. The Morgan fingerprint density at radius 3 is 2.47 bits per heavy atom. The molecule has 0 spiro atoms. The van der Waals surface area contributed by atoms with Crippen molar-refractivity contribution >= 4 is 27.1 Å². The van der Waals surface area contributed by atoms with Gasteiger partial charge in [0.15, 0.2) is 9.84 Å². The van der Waals surface area contributed by atoms with Crippen LogP contribution in [0.2, 0.25) is 5.02 Å². The topological polar surface area (TPSA) is 60.2 Å². The van der Waals surface area contributed by atoms with Gasteiger partial charge in [0.25, 0.3) is 0 Å². The van der Waals surface area contributed by atoms with E-state index < -0.39 is 15.7 Å². The number of nitrogen functional groups attached to an aromatic ring is 1. The summed E-state index contributed by atoms with van der Waals surface area (Å²) in [7, 11) is -3.69. The monoisotopic (exact) mass is 299 g/mol. The van der Waals surface area contributed by atoms with Crippen LogP contribution in [0.25, 0.3) is 0 Å². The molecule has 2 aromatic rings. The highest BCUT2D eigenvalue weighted by atomic mass is 35.5. The minimum absolute atomic E-state index is 0.0673. The van der Waals surface area contributed by atoms with E-state index in [1.807, 2.05) is 0 Å². The summed E-state index contributed by atoms with van der Waals surface area (Å²) in [4.78, 5) is -0.148. The van der Waals surface area contributed by atoms with E-state index in [1.165, 1.54) is 6.07 Å². The molecule has 0 aromatic heterocycles. The smallest absolute Gasteiger partial charge is 0.182 e. The Morgan fingerprint density at radius 1 is 1.16 bits per heavy atom. The summed E-state index contributed by atoms with van der Waals surface area (Å²) >= 11 is 5.92. The van der Waals surface area contributed by atoms with Crippen molar-refractivity contribution in [2.45, 2.75) is 10.6 Å². The molecule has 6 heteroatoms. The number of benzene rings is 2. The highest BCUT2D eigenvalue weighted by Gasteiger charge is 2.18. The number of hydrogen-bond donors (Lipinski definition) is 1. The molecule has 2 N–H and O–H groups in total. The number of halogens is 2. The first-order chi connectivity index (χ1) is 8.88. The van der Waals surface area contributed by atoms with E-state index in [-0.39, 0.29) is 16.3 Å². The molecule has 0 bridgehead atoms. The zero-order valence-electron chi connectivity index (χ0n) is 9.81. The second kappa shape index (κ2) is 5.19. The third kappa shape index (κ3) is 3.24. The Kier molecular flexibility index (Phi) is 3.78. The van der Waals surface area contributed by atoms with Crippen LogP contribution in [-0.4, -0.2) is 8.42 Å². The lowest BCUT2D eigenvalue weighted by Crippen LogP contribution is -2.06. The van der Waals surface area contributed by atoms with E-state index in [9.17, 15) is 12.8 Å². The third-order valence-corrected chi connectivity index (χ3v) is 4.57. The molecule has 0 saturated heterocycles. The lowest BCUT2D eigenvalue weighted by atomic mass is 10.2. The fraction of sp³-hybridized carbons (Fsp3) is 0.0769. The van der Waals surface area contributed by atoms with E-state index in [0.717, 1.165) is 12.1 Å². The van der Waals surface area contributed by atoms with Crippen molar-refractivity contribution < 1.29 is 12.8 Å². The molecule has 0 aliphatic carbocycles. The fourth-order valence-electron chi connectivity index (χ4n) is 1.67. The van der Waals surface area contributed by atoms with Crippen molar-refractivity contribution in [1.29, 1.82) is 0 Å². The zero-order valence-corrected chi connectivity index (χ0v) is 11.4. The van der Waals surface area contributed by atoms with Gasteiger partial charge in [-0.25, -0.2) is 12.8 Å². The van der Waals surface area contributed by atoms with Crippen LogP contribution < -0.4 is 5.73 Å². The summed E-state index contributed by atoms with van der Waals surface area (Å²) in [5.74, 6) is -0.979. The second-order valence-electron chi connectivity index (χ2n) is 4.07. The first-order valence-corrected chi connectivity index (χ1v) is 7.44. The van der Waals surface area contributed by atoms with Crippen LogP contribution in [0.1, 0.15) is 5.56 Å². The first-order valence-electron chi connectivity index (χ1n) is 5.41. The molecular weight excluding hydrogens is 289 g/mol. The Morgan fingerprint density at radius 2 is 1.84 bits per heavy atom. The van der Waals surface area contributed by atoms with Gasteiger partial charge in [-0.2, -0.15) is 0 Å². The fourth-order valence-corrected chi connectivity index (χ4v) is 3.38. The lowest BCUT2D eigenvalue weighted by Gasteiger charge is -2.07. The Bertz CT molecular complexity index is 696. The standard InChI is InChI=1S/C13H11ClFNO2S/c14-13-4-2-1-3-9(13)8-19(17,18)12-6-10(15)5-11(16)7-12/h1-7H,8,16H2. The predicted molar refractivity (Wildman–Crippen MR) is 73.2 cm³/mol. The van der Waals surface area contributed by atoms with Crippen LogP contribution in [0.15, 0.2) is 47.4 Å². The maximum absolute atomic E-state index is 13.2. The summed E-state index contributed by atoms with van der Waals surface area (Å²) in [5, 5.41) is 0.357. The van der Waals surface area contributed by atoms with Crippen LogP contribution in [0, 0.1) is 5.82 Å². The molecule has 0 atom stereocenters. The molecule has 0 heterocycles. The maximum Gasteiger partial charge on any atom is 0.182 e. The van der Waals surface area contributed by atoms with Gasteiger partial charge in [-0.15, -0.1) is 0 Å². The summed E-state index contributed by atoms with van der Waals surface area (Å²) < 4.78 is 37.6. The molecule has 0 fully saturated rings. The quantitative estimate of drug-likeness (QED) is 0.886. The van der Waals surface area contributed by atoms with Crippen LogP contribution >= 0.6 is 11.6 Å². The normalized spacial score (nSPS) is 11.5. The Balaban J connectivity index is 2.41. The van der Waals surface area contributed by atoms with E-state index in [4.69, 9.17) is 17.3 Å². The maximum atomic E-state index is 13.2. The van der Waals surface area contributed by atoms with Gasteiger partial charge < -0.3 is 5.73 Å². The van der Waals surface area contributed by atoms with Crippen molar-refractivity contribution in [2.75, 3.05) is 5.73 Å². The molecule has 3 nitrogen and oxygen atoms in total. The number of anilines is 1. The largest absolute Gasteiger partial charge is 0.399 e. The number of sulfone groups is 1. The van der Waals surface area contributed by atoms with Crippen molar-refractivity contribution in [3.8, 4) is 0 Å². The highest BCUT2D eigenvalue weighted by Crippen LogP contribution is 2.23. The number of hydrogen-bond acceptors (Lipinski definition) is 3. The summed E-state index contributed by atoms with van der Waals surface area (Å²) in [6, 6.07) is 9.86. The van der Waals surface area contributed by atoms with E-state index in [2.05, 4.69) is 0 Å². The molecule has 0 saturated carbocycles. The van der Waals surface area contributed by atoms with E-state index in [0.29, 0.717) is 10.6 Å². The van der Waals surface area contributed by atoms with Gasteiger partial charge in [0.05, 0.1) is 10.6 Å². The lowest BCUT2D eigenvalue weighted by molar-refractivity contribution is 0.590. The third-order valence-electron chi connectivity index (χ3n) is 2.56. The van der Waals surface area contributed by atoms with Gasteiger partial charge in [-0.3, -0.25) is 0 Å². The molecule has 100 valence electrons. The first kappa shape index (κ1) is 13.8. The van der Waals surface area contributed by atoms with Crippen LogP contribution in [0.5, 0.6) is 0 Å². The molecule has 19 heavy (non-hydrogen) atoms. The number of rotatable bonds is 3. The molecule has 0 amide bonds. The highest BCUT2D eigenvalue weighted by molar-refractivity contribution is 7.90. The van der Waals surface area contributed by atoms with Gasteiger partial charge in [0.2, 0.25) is 0 Å². The van der Waals surface area contributed by atoms with E-state index >= 15 is 0 Å². The summed E-state index contributed by atoms with van der Waals surface area (Å²) in [6.45, 7) is 0. The molecule has 2 aromatic carbocycles. The molecule has 0 radical (unpaired) electrons. The SMILES string of the molecule is Nc1cc(F)cc(S(=O)(=O)Cc2ccccc2Cl)c1. The minimum atomic E-state index is -3.69. The molecule has 2 rings (SSSR count). The van der Waals surface area contributed by atoms with Gasteiger partial charge >= 0.3 is 0 Å². The zero-order chi connectivity index (χ0) is 14.0. The average molecular weight is 300 g/mol. The molecule has 0 unspecified atom stereocenters. The van der Waals surface area contributed by atoms with Gasteiger partial charge in [-0.1, -0.05) is 29.8 Å².